The summed E-state index contributed by atoms with van der Waals surface area (Å²) in [5, 5.41) is 2.93. The number of carbonyl (C=O) groups excluding carboxylic acids is 2. The predicted octanol–water partition coefficient (Wildman–Crippen LogP) is 7.21. The van der Waals surface area contributed by atoms with E-state index in [2.05, 4.69) is 47.5 Å². The summed E-state index contributed by atoms with van der Waals surface area (Å²) in [6, 6.07) is 29.9. The number of hydrogen-bond donors (Lipinski definition) is 1. The van der Waals surface area contributed by atoms with Crippen LogP contribution in [0.15, 0.2) is 91.0 Å². The molecule has 0 unspecified atom stereocenters. The molecule has 0 aromatic heterocycles. The van der Waals surface area contributed by atoms with Crippen molar-refractivity contribution in [2.75, 3.05) is 31.1 Å². The molecule has 224 valence electrons. The second-order valence-electron chi connectivity index (χ2n) is 10.6. The third-order valence-corrected chi connectivity index (χ3v) is 8.02. The number of para-hydroxylation sites is 1. The molecule has 0 fully saturated rings. The molecule has 1 amide bonds. The van der Waals surface area contributed by atoms with E-state index in [1.165, 1.54) is 7.11 Å². The van der Waals surface area contributed by atoms with Gasteiger partial charge in [-0.1, -0.05) is 54.6 Å². The molecule has 1 N–H and O–H groups in total. The van der Waals surface area contributed by atoms with Gasteiger partial charge in [0, 0.05) is 24.3 Å². The topological polar surface area (TPSA) is 67.9 Å². The molecule has 6 nitrogen and oxygen atoms in total. The zero-order valence-electron chi connectivity index (χ0n) is 25.6. The summed E-state index contributed by atoms with van der Waals surface area (Å²) in [7, 11) is 3.04. The van der Waals surface area contributed by atoms with E-state index in [1.54, 1.807) is 18.9 Å². The number of rotatable bonds is 13. The Hall–Kier alpha value is -4.23. The molecular formula is C36H40N2O4S. The quantitative estimate of drug-likeness (QED) is 0.165. The summed E-state index contributed by atoms with van der Waals surface area (Å²) >= 11 is 1.62. The zero-order valence-corrected chi connectivity index (χ0v) is 26.4. The largest absolute Gasteiger partial charge is 0.497 e. The van der Waals surface area contributed by atoms with Crippen molar-refractivity contribution in [3.05, 3.63) is 119 Å². The van der Waals surface area contributed by atoms with Crippen LogP contribution < -0.4 is 15.0 Å². The van der Waals surface area contributed by atoms with E-state index in [0.29, 0.717) is 25.1 Å². The third kappa shape index (κ3) is 8.42. The number of hydrogen-bond acceptors (Lipinski definition) is 6. The number of ether oxygens (including phenoxy) is 2. The van der Waals surface area contributed by atoms with Crippen LogP contribution in [0.4, 0.5) is 5.69 Å². The first-order valence-corrected chi connectivity index (χ1v) is 15.7. The first-order valence-electron chi connectivity index (χ1n) is 14.3. The van der Waals surface area contributed by atoms with Crippen LogP contribution in [0.1, 0.15) is 39.0 Å². The van der Waals surface area contributed by atoms with Gasteiger partial charge in [-0.25, -0.2) is 4.79 Å². The molecule has 0 saturated carbocycles. The van der Waals surface area contributed by atoms with Crippen LogP contribution in [-0.2, 0) is 22.6 Å². The molecule has 0 bridgehead atoms. The van der Waals surface area contributed by atoms with Gasteiger partial charge in [0.25, 0.3) is 5.91 Å². The Balaban J connectivity index is 1.72. The maximum Gasteiger partial charge on any atom is 0.328 e. The average molecular weight is 597 g/mol. The smallest absolute Gasteiger partial charge is 0.328 e. The van der Waals surface area contributed by atoms with E-state index in [9.17, 15) is 9.59 Å². The van der Waals surface area contributed by atoms with Crippen LogP contribution in [-0.4, -0.2) is 44.1 Å². The van der Waals surface area contributed by atoms with Gasteiger partial charge in [-0.2, -0.15) is 11.8 Å². The lowest BCUT2D eigenvalue weighted by Crippen LogP contribution is -2.42. The first kappa shape index (κ1) is 31.7. The fourth-order valence-corrected chi connectivity index (χ4v) is 5.67. The number of methoxy groups -OCH3 is 2. The average Bonchev–Trinajstić information content (AvgIpc) is 3.02. The molecule has 0 aliphatic rings. The van der Waals surface area contributed by atoms with Gasteiger partial charge in [0.1, 0.15) is 11.8 Å². The summed E-state index contributed by atoms with van der Waals surface area (Å²) in [4.78, 5) is 28.5. The van der Waals surface area contributed by atoms with Crippen molar-refractivity contribution in [2.24, 2.45) is 0 Å². The molecule has 4 aromatic carbocycles. The lowest BCUT2D eigenvalue weighted by Gasteiger charge is -2.26. The Morgan fingerprint density at radius 3 is 2.26 bits per heavy atom. The summed E-state index contributed by atoms with van der Waals surface area (Å²) in [6.07, 6.45) is 2.46. The second kappa shape index (κ2) is 15.3. The minimum absolute atomic E-state index is 0.298. The maximum atomic E-state index is 13.7. The van der Waals surface area contributed by atoms with Crippen molar-refractivity contribution in [1.82, 2.24) is 5.32 Å². The van der Waals surface area contributed by atoms with E-state index in [0.717, 1.165) is 50.6 Å². The van der Waals surface area contributed by atoms with Crippen molar-refractivity contribution >= 4 is 29.3 Å². The maximum absolute atomic E-state index is 13.7. The van der Waals surface area contributed by atoms with Crippen LogP contribution in [0, 0.1) is 13.8 Å². The van der Waals surface area contributed by atoms with E-state index in [-0.39, 0.29) is 5.91 Å². The Labute approximate surface area is 259 Å². The fraction of sp³-hybridized carbons (Fsp3) is 0.278. The molecule has 0 saturated heterocycles. The van der Waals surface area contributed by atoms with Gasteiger partial charge in [0.15, 0.2) is 0 Å². The van der Waals surface area contributed by atoms with Crippen molar-refractivity contribution in [3.63, 3.8) is 0 Å². The van der Waals surface area contributed by atoms with Gasteiger partial charge in [-0.05, 0) is 102 Å². The number of benzene rings is 4. The molecule has 0 spiro atoms. The van der Waals surface area contributed by atoms with Crippen LogP contribution in [0.2, 0.25) is 0 Å². The summed E-state index contributed by atoms with van der Waals surface area (Å²) in [6.45, 7) is 5.42. The highest BCUT2D eigenvalue weighted by molar-refractivity contribution is 7.98. The zero-order chi connectivity index (χ0) is 30.8. The Kier molecular flexibility index (Phi) is 11.3. The molecule has 1 atom stereocenters. The van der Waals surface area contributed by atoms with Crippen LogP contribution >= 0.6 is 11.8 Å². The van der Waals surface area contributed by atoms with Crippen molar-refractivity contribution in [2.45, 2.75) is 39.4 Å². The SMILES string of the molecule is COC(=O)[C@H](CCSC)NC(=O)c1ccc(CN(Cc2cc(C)cc(OC)c2)c2ccccc2)cc1-c1ccccc1C. The number of amides is 1. The van der Waals surface area contributed by atoms with Crippen LogP contribution in [0.25, 0.3) is 11.1 Å². The molecular weight excluding hydrogens is 556 g/mol. The minimum Gasteiger partial charge on any atom is -0.497 e. The first-order chi connectivity index (χ1) is 20.8. The van der Waals surface area contributed by atoms with E-state index < -0.39 is 12.0 Å². The second-order valence-corrected chi connectivity index (χ2v) is 11.6. The summed E-state index contributed by atoms with van der Waals surface area (Å²) in [5.41, 5.74) is 7.83. The fourth-order valence-electron chi connectivity index (χ4n) is 5.20. The molecule has 0 radical (unpaired) electrons. The molecule has 0 aliphatic heterocycles. The highest BCUT2D eigenvalue weighted by Crippen LogP contribution is 2.30. The van der Waals surface area contributed by atoms with Gasteiger partial charge < -0.3 is 19.7 Å². The molecule has 4 aromatic rings. The highest BCUT2D eigenvalue weighted by atomic mass is 32.2. The number of carbonyl (C=O) groups is 2. The van der Waals surface area contributed by atoms with Gasteiger partial charge in [-0.15, -0.1) is 0 Å². The van der Waals surface area contributed by atoms with Gasteiger partial charge in [0.05, 0.1) is 14.2 Å². The lowest BCUT2D eigenvalue weighted by atomic mass is 9.93. The minimum atomic E-state index is -0.714. The van der Waals surface area contributed by atoms with Crippen molar-refractivity contribution < 1.29 is 19.1 Å². The van der Waals surface area contributed by atoms with Gasteiger partial charge >= 0.3 is 5.97 Å². The van der Waals surface area contributed by atoms with Gasteiger partial charge in [-0.3, -0.25) is 4.79 Å². The summed E-state index contributed by atoms with van der Waals surface area (Å²) in [5.74, 6) is 0.824. The number of nitrogens with zero attached hydrogens (tertiary/aromatic N) is 1. The third-order valence-electron chi connectivity index (χ3n) is 7.38. The van der Waals surface area contributed by atoms with Crippen molar-refractivity contribution in [3.8, 4) is 16.9 Å². The van der Waals surface area contributed by atoms with Gasteiger partial charge in [0.2, 0.25) is 0 Å². The molecule has 7 heteroatoms. The summed E-state index contributed by atoms with van der Waals surface area (Å²) < 4.78 is 10.5. The Morgan fingerprint density at radius 2 is 1.56 bits per heavy atom. The molecule has 4 rings (SSSR count). The number of nitrogens with one attached hydrogen (secondary N) is 1. The highest BCUT2D eigenvalue weighted by Gasteiger charge is 2.24. The number of thioether (sulfide) groups is 1. The van der Waals surface area contributed by atoms with Crippen LogP contribution in [0.5, 0.6) is 5.75 Å². The van der Waals surface area contributed by atoms with E-state index in [4.69, 9.17) is 9.47 Å². The van der Waals surface area contributed by atoms with E-state index in [1.807, 2.05) is 73.8 Å². The number of anilines is 1. The predicted molar refractivity (Wildman–Crippen MR) is 177 cm³/mol. The molecule has 0 heterocycles. The standard InChI is InChI=1S/C36H40N2O4S/c1-25-19-28(21-30(20-25)41-3)24-38(29-12-7-6-8-13-29)23-27-15-16-32(33(22-27)31-14-10-9-11-26(31)2)35(39)37-34(17-18-43-5)36(40)42-4/h6-16,19-22,34H,17-18,23-24H2,1-5H3,(H,37,39)/t34-/m0/s1. The molecule has 43 heavy (non-hydrogen) atoms. The Bertz CT molecular complexity index is 1540. The molecule has 0 aliphatic carbocycles. The lowest BCUT2D eigenvalue weighted by molar-refractivity contribution is -0.142. The number of esters is 1. The van der Waals surface area contributed by atoms with Crippen molar-refractivity contribution in [1.29, 1.82) is 0 Å². The monoisotopic (exact) mass is 596 g/mol. The number of aryl methyl sites for hydroxylation is 2. The van der Waals surface area contributed by atoms with E-state index >= 15 is 0 Å². The van der Waals surface area contributed by atoms with Crippen LogP contribution in [0.3, 0.4) is 0 Å². The normalized spacial score (nSPS) is 11.5. The Morgan fingerprint density at radius 1 is 0.837 bits per heavy atom.